The number of ether oxygens (including phenoxy) is 1. The Morgan fingerprint density at radius 1 is 1.37 bits per heavy atom. The molecule has 1 N–H and O–H groups in total. The zero-order chi connectivity index (χ0) is 13.8. The van der Waals surface area contributed by atoms with E-state index in [1.807, 2.05) is 12.3 Å². The minimum Gasteiger partial charge on any atom is -0.494 e. The van der Waals surface area contributed by atoms with Gasteiger partial charge in [-0.3, -0.25) is 0 Å². The van der Waals surface area contributed by atoms with Crippen molar-refractivity contribution in [2.45, 2.75) is 26.4 Å². The van der Waals surface area contributed by atoms with Crippen LogP contribution < -0.4 is 10.1 Å². The third-order valence-corrected chi connectivity index (χ3v) is 2.74. The molecular formula is C14H18FN3O. The molecule has 1 aromatic heterocycles. The van der Waals surface area contributed by atoms with Gasteiger partial charge in [-0.25, -0.2) is 9.07 Å². The van der Waals surface area contributed by atoms with E-state index in [0.29, 0.717) is 18.3 Å². The summed E-state index contributed by atoms with van der Waals surface area (Å²) in [6.45, 7) is 4.86. The highest BCUT2D eigenvalue weighted by Gasteiger charge is 2.06. The van der Waals surface area contributed by atoms with E-state index in [9.17, 15) is 4.39 Å². The van der Waals surface area contributed by atoms with Gasteiger partial charge >= 0.3 is 0 Å². The van der Waals surface area contributed by atoms with Crippen LogP contribution in [-0.4, -0.2) is 22.9 Å². The second-order valence-corrected chi connectivity index (χ2v) is 4.61. The van der Waals surface area contributed by atoms with Crippen LogP contribution in [0, 0.1) is 5.82 Å². The Hall–Kier alpha value is -1.88. The van der Waals surface area contributed by atoms with Gasteiger partial charge in [0.2, 0.25) is 0 Å². The number of hydrogen-bond donors (Lipinski definition) is 1. The number of nitrogens with zero attached hydrogens (tertiary/aromatic N) is 2. The first-order chi connectivity index (χ1) is 9.10. The third kappa shape index (κ3) is 3.32. The van der Waals surface area contributed by atoms with Gasteiger partial charge in [0.05, 0.1) is 18.5 Å². The summed E-state index contributed by atoms with van der Waals surface area (Å²) in [6.07, 6.45) is 1.82. The first-order valence-corrected chi connectivity index (χ1v) is 6.22. The molecule has 0 aliphatic carbocycles. The van der Waals surface area contributed by atoms with Crippen LogP contribution in [0.3, 0.4) is 0 Å². The van der Waals surface area contributed by atoms with Crippen molar-refractivity contribution in [2.75, 3.05) is 7.11 Å². The lowest BCUT2D eigenvalue weighted by Gasteiger charge is -2.06. The standard InChI is InChI=1S/C14H18FN3O/c1-10(2)16-9-11-6-7-18(17-11)12-4-5-14(19-3)13(15)8-12/h4-8,10,16H,9H2,1-3H3. The third-order valence-electron chi connectivity index (χ3n) is 2.74. The van der Waals surface area contributed by atoms with Gasteiger partial charge in [-0.15, -0.1) is 0 Å². The van der Waals surface area contributed by atoms with Crippen LogP contribution in [0.2, 0.25) is 0 Å². The van der Waals surface area contributed by atoms with Gasteiger partial charge in [-0.05, 0) is 18.2 Å². The molecule has 0 aliphatic heterocycles. The number of methoxy groups -OCH3 is 1. The van der Waals surface area contributed by atoms with Gasteiger partial charge in [0.25, 0.3) is 0 Å². The molecule has 0 bridgehead atoms. The predicted molar refractivity (Wildman–Crippen MR) is 72.0 cm³/mol. The molecule has 5 heteroatoms. The monoisotopic (exact) mass is 263 g/mol. The van der Waals surface area contributed by atoms with Gasteiger partial charge in [0.15, 0.2) is 11.6 Å². The van der Waals surface area contributed by atoms with Gasteiger partial charge in [-0.1, -0.05) is 13.8 Å². The van der Waals surface area contributed by atoms with Crippen molar-refractivity contribution in [3.05, 3.63) is 42.0 Å². The average Bonchev–Trinajstić information content (AvgIpc) is 2.85. The van der Waals surface area contributed by atoms with E-state index in [1.54, 1.807) is 16.8 Å². The maximum absolute atomic E-state index is 13.6. The number of halogens is 1. The molecule has 102 valence electrons. The summed E-state index contributed by atoms with van der Waals surface area (Å²) >= 11 is 0. The summed E-state index contributed by atoms with van der Waals surface area (Å²) in [4.78, 5) is 0. The molecule has 2 aromatic rings. The number of hydrogen-bond acceptors (Lipinski definition) is 3. The molecule has 0 saturated carbocycles. The first-order valence-electron chi connectivity index (χ1n) is 6.22. The van der Waals surface area contributed by atoms with Gasteiger partial charge < -0.3 is 10.1 Å². The molecule has 0 spiro atoms. The molecule has 0 fully saturated rings. The lowest BCUT2D eigenvalue weighted by atomic mass is 10.3. The molecular weight excluding hydrogens is 245 g/mol. The van der Waals surface area contributed by atoms with Gasteiger partial charge in [-0.2, -0.15) is 5.10 Å². The fraction of sp³-hybridized carbons (Fsp3) is 0.357. The highest BCUT2D eigenvalue weighted by Crippen LogP contribution is 2.19. The van der Waals surface area contributed by atoms with E-state index in [0.717, 1.165) is 5.69 Å². The normalized spacial score (nSPS) is 11.0. The maximum atomic E-state index is 13.6. The Labute approximate surface area is 112 Å². The minimum atomic E-state index is -0.391. The summed E-state index contributed by atoms with van der Waals surface area (Å²) in [7, 11) is 1.45. The van der Waals surface area contributed by atoms with Crippen molar-refractivity contribution in [1.29, 1.82) is 0 Å². The number of rotatable bonds is 5. The quantitative estimate of drug-likeness (QED) is 0.901. The van der Waals surface area contributed by atoms with Crippen LogP contribution in [0.15, 0.2) is 30.5 Å². The molecule has 19 heavy (non-hydrogen) atoms. The summed E-state index contributed by atoms with van der Waals surface area (Å²) < 4.78 is 20.2. The number of nitrogens with one attached hydrogen (secondary N) is 1. The Morgan fingerprint density at radius 3 is 2.79 bits per heavy atom. The lowest BCUT2D eigenvalue weighted by Crippen LogP contribution is -2.22. The van der Waals surface area contributed by atoms with Gasteiger partial charge in [0, 0.05) is 24.8 Å². The molecule has 0 aliphatic rings. The Morgan fingerprint density at radius 2 is 2.16 bits per heavy atom. The molecule has 2 rings (SSSR count). The first kappa shape index (κ1) is 13.5. The topological polar surface area (TPSA) is 39.1 Å². The number of aromatic nitrogens is 2. The van der Waals surface area contributed by atoms with Crippen molar-refractivity contribution < 1.29 is 9.13 Å². The molecule has 0 amide bonds. The zero-order valence-corrected chi connectivity index (χ0v) is 11.4. The van der Waals surface area contributed by atoms with Crippen LogP contribution in [0.25, 0.3) is 5.69 Å². The van der Waals surface area contributed by atoms with Crippen molar-refractivity contribution in [3.8, 4) is 11.4 Å². The van der Waals surface area contributed by atoms with E-state index in [4.69, 9.17) is 4.74 Å². The molecule has 0 atom stereocenters. The van der Waals surface area contributed by atoms with E-state index in [-0.39, 0.29) is 5.75 Å². The second-order valence-electron chi connectivity index (χ2n) is 4.61. The van der Waals surface area contributed by atoms with Crippen molar-refractivity contribution in [3.63, 3.8) is 0 Å². The largest absolute Gasteiger partial charge is 0.494 e. The van der Waals surface area contributed by atoms with Crippen LogP contribution in [0.5, 0.6) is 5.75 Å². The second kappa shape index (κ2) is 5.84. The highest BCUT2D eigenvalue weighted by atomic mass is 19.1. The van der Waals surface area contributed by atoms with Crippen LogP contribution in [0.1, 0.15) is 19.5 Å². The smallest absolute Gasteiger partial charge is 0.167 e. The molecule has 0 radical (unpaired) electrons. The lowest BCUT2D eigenvalue weighted by molar-refractivity contribution is 0.386. The summed E-state index contributed by atoms with van der Waals surface area (Å²) in [5, 5.41) is 7.68. The molecule has 1 aromatic carbocycles. The zero-order valence-electron chi connectivity index (χ0n) is 11.4. The summed E-state index contributed by atoms with van der Waals surface area (Å²) in [6, 6.07) is 7.10. The van der Waals surface area contributed by atoms with E-state index in [2.05, 4.69) is 24.3 Å². The molecule has 1 heterocycles. The summed E-state index contributed by atoms with van der Waals surface area (Å²) in [5.74, 6) is -0.157. The van der Waals surface area contributed by atoms with Gasteiger partial charge in [0.1, 0.15) is 0 Å². The van der Waals surface area contributed by atoms with Crippen LogP contribution in [0.4, 0.5) is 4.39 Å². The Bertz CT molecular complexity index is 551. The molecule has 0 saturated heterocycles. The van der Waals surface area contributed by atoms with Crippen LogP contribution in [-0.2, 0) is 6.54 Å². The maximum Gasteiger partial charge on any atom is 0.167 e. The van der Waals surface area contributed by atoms with Crippen molar-refractivity contribution in [1.82, 2.24) is 15.1 Å². The van der Waals surface area contributed by atoms with E-state index < -0.39 is 5.82 Å². The molecule has 4 nitrogen and oxygen atoms in total. The van der Waals surface area contributed by atoms with Crippen molar-refractivity contribution in [2.24, 2.45) is 0 Å². The summed E-state index contributed by atoms with van der Waals surface area (Å²) in [5.41, 5.74) is 1.60. The van der Waals surface area contributed by atoms with Crippen molar-refractivity contribution >= 4 is 0 Å². The minimum absolute atomic E-state index is 0.234. The van der Waals surface area contributed by atoms with E-state index >= 15 is 0 Å². The SMILES string of the molecule is COc1ccc(-n2ccc(CNC(C)C)n2)cc1F. The average molecular weight is 263 g/mol. The predicted octanol–water partition coefficient (Wildman–Crippen LogP) is 2.52. The fourth-order valence-electron chi connectivity index (χ4n) is 1.71. The highest BCUT2D eigenvalue weighted by molar-refractivity contribution is 5.38. The Balaban J connectivity index is 2.16. The molecule has 0 unspecified atom stereocenters. The Kier molecular flexibility index (Phi) is 4.16. The fourth-order valence-corrected chi connectivity index (χ4v) is 1.71. The number of benzene rings is 1. The van der Waals surface area contributed by atoms with E-state index in [1.165, 1.54) is 13.2 Å². The van der Waals surface area contributed by atoms with Crippen LogP contribution >= 0.6 is 0 Å².